The van der Waals surface area contributed by atoms with Gasteiger partial charge in [0, 0.05) is 0 Å². The fourth-order valence-corrected chi connectivity index (χ4v) is 7.20. The number of hydrogen-bond donors (Lipinski definition) is 3. The molecule has 0 unspecified atom stereocenters. The Morgan fingerprint density at radius 2 is 1.91 bits per heavy atom. The molecule has 6 atom stereocenters. The smallest absolute Gasteiger partial charge is 0.337 e. The molecule has 33 heavy (non-hydrogen) atoms. The third kappa shape index (κ3) is 6.29. The minimum absolute atomic E-state index is 0.232. The zero-order valence-corrected chi connectivity index (χ0v) is 21.4. The van der Waals surface area contributed by atoms with Crippen LogP contribution in [0.2, 0.25) is 0 Å². The zero-order valence-electron chi connectivity index (χ0n) is 21.4. The average Bonchev–Trinajstić information content (AvgIpc) is 3.07. The number of methoxy groups -OCH3 is 1. The molecule has 3 N–H and O–H groups in total. The monoisotopic (exact) mass is 462 g/mol. The highest BCUT2D eigenvalue weighted by Gasteiger charge is 2.50. The van der Waals surface area contributed by atoms with Crippen LogP contribution in [0, 0.1) is 23.2 Å². The van der Waals surface area contributed by atoms with Crippen molar-refractivity contribution in [3.05, 3.63) is 22.8 Å². The van der Waals surface area contributed by atoms with Crippen molar-refractivity contribution in [2.45, 2.75) is 116 Å². The van der Waals surface area contributed by atoms with Crippen molar-refractivity contribution in [1.82, 2.24) is 0 Å². The van der Waals surface area contributed by atoms with Crippen molar-refractivity contribution in [1.29, 1.82) is 0 Å². The highest BCUT2D eigenvalue weighted by molar-refractivity contribution is 5.92. The molecule has 0 bridgehead atoms. The van der Waals surface area contributed by atoms with Crippen molar-refractivity contribution in [3.63, 3.8) is 0 Å². The first-order valence-corrected chi connectivity index (χ1v) is 13.0. The normalized spacial score (nSPS) is 34.8. The summed E-state index contributed by atoms with van der Waals surface area (Å²) in [6.07, 6.45) is 10.8. The molecule has 0 radical (unpaired) electrons. The molecule has 0 aromatic rings. The number of rotatable bonds is 7. The summed E-state index contributed by atoms with van der Waals surface area (Å²) >= 11 is 0. The highest BCUT2D eigenvalue weighted by Crippen LogP contribution is 2.60. The van der Waals surface area contributed by atoms with Crippen molar-refractivity contribution in [2.75, 3.05) is 7.11 Å². The Kier molecular flexibility index (Phi) is 8.51. The van der Waals surface area contributed by atoms with Crippen LogP contribution in [-0.2, 0) is 9.53 Å². The Balaban J connectivity index is 1.82. The Bertz CT molecular complexity index is 749. The van der Waals surface area contributed by atoms with E-state index in [4.69, 9.17) is 4.74 Å². The molecule has 5 heteroatoms. The van der Waals surface area contributed by atoms with Crippen molar-refractivity contribution >= 4 is 5.97 Å². The Morgan fingerprint density at radius 3 is 2.52 bits per heavy atom. The molecular weight excluding hydrogens is 416 g/mol. The van der Waals surface area contributed by atoms with Crippen LogP contribution in [0.3, 0.4) is 0 Å². The fraction of sp³-hybridized carbons (Fsp3) is 0.821. The summed E-state index contributed by atoms with van der Waals surface area (Å²) in [5, 5.41) is 30.4. The van der Waals surface area contributed by atoms with Gasteiger partial charge in [0.2, 0.25) is 0 Å². The lowest BCUT2D eigenvalue weighted by Gasteiger charge is -2.44. The maximum Gasteiger partial charge on any atom is 0.337 e. The van der Waals surface area contributed by atoms with Gasteiger partial charge >= 0.3 is 5.97 Å². The van der Waals surface area contributed by atoms with Gasteiger partial charge in [0.1, 0.15) is 0 Å². The number of aliphatic hydroxyl groups is 3. The first-order valence-electron chi connectivity index (χ1n) is 13.0. The van der Waals surface area contributed by atoms with Crippen LogP contribution in [0.25, 0.3) is 0 Å². The van der Waals surface area contributed by atoms with Gasteiger partial charge < -0.3 is 20.1 Å². The summed E-state index contributed by atoms with van der Waals surface area (Å²) in [5.41, 5.74) is 2.35. The van der Waals surface area contributed by atoms with Gasteiger partial charge in [0.25, 0.3) is 0 Å². The van der Waals surface area contributed by atoms with E-state index in [0.717, 1.165) is 44.1 Å². The van der Waals surface area contributed by atoms with Gasteiger partial charge in [-0.05, 0) is 101 Å². The van der Waals surface area contributed by atoms with Crippen LogP contribution < -0.4 is 0 Å². The molecule has 3 aliphatic carbocycles. The van der Waals surface area contributed by atoms with E-state index in [-0.39, 0.29) is 11.4 Å². The summed E-state index contributed by atoms with van der Waals surface area (Å²) in [6, 6.07) is 0. The van der Waals surface area contributed by atoms with Crippen LogP contribution >= 0.6 is 0 Å². The number of carbonyl (C=O) groups is 1. The summed E-state index contributed by atoms with van der Waals surface area (Å²) in [4.78, 5) is 12.7. The van der Waals surface area contributed by atoms with Crippen LogP contribution in [0.4, 0.5) is 0 Å². The predicted octanol–water partition coefficient (Wildman–Crippen LogP) is 5.08. The molecule has 3 saturated carbocycles. The molecule has 188 valence electrons. The van der Waals surface area contributed by atoms with Gasteiger partial charge in [-0.25, -0.2) is 4.79 Å². The molecule has 0 aromatic heterocycles. The van der Waals surface area contributed by atoms with E-state index in [0.29, 0.717) is 42.6 Å². The molecule has 3 aliphatic rings. The molecule has 0 aliphatic heterocycles. The van der Waals surface area contributed by atoms with E-state index >= 15 is 0 Å². The summed E-state index contributed by atoms with van der Waals surface area (Å²) in [7, 11) is 1.41. The molecule has 3 rings (SSSR count). The maximum absolute atomic E-state index is 12.7. The van der Waals surface area contributed by atoms with Gasteiger partial charge in [-0.3, -0.25) is 0 Å². The number of fused-ring (bicyclic) bond motifs is 1. The maximum atomic E-state index is 12.7. The van der Waals surface area contributed by atoms with E-state index < -0.39 is 17.8 Å². The van der Waals surface area contributed by atoms with Gasteiger partial charge in [0.05, 0.1) is 30.5 Å². The van der Waals surface area contributed by atoms with E-state index in [1.54, 1.807) is 0 Å². The Labute approximate surface area is 200 Å². The second-order valence-electron chi connectivity index (χ2n) is 12.0. The number of carbonyl (C=O) groups excluding carboxylic acids is 1. The average molecular weight is 463 g/mol. The SMILES string of the molecule is COC(=O)C(/C=C1\CCC[C@]2(C)[C@@H]([C@H](C)CCCC(C)(C)O)CC[C@@H]12)=C1C[C@@H](O)C[C@H](O)C1. The van der Waals surface area contributed by atoms with E-state index in [1.165, 1.54) is 25.5 Å². The van der Waals surface area contributed by atoms with Crippen molar-refractivity contribution in [3.8, 4) is 0 Å². The van der Waals surface area contributed by atoms with Gasteiger partial charge in [-0.1, -0.05) is 37.8 Å². The number of esters is 1. The number of aliphatic hydroxyl groups excluding tert-OH is 2. The molecule has 5 nitrogen and oxygen atoms in total. The predicted molar refractivity (Wildman–Crippen MR) is 130 cm³/mol. The standard InChI is InChI=1S/C28H46O5/c1-18(8-6-12-27(2,3)32)24-10-11-25-19(9-7-13-28(24,25)4)16-23(26(31)33-5)20-14-21(29)17-22(30)15-20/h16,18,21-22,24-25,29-30,32H,6-15,17H2,1-5H3/b19-16+/t18-,21-,22-,24-,25+,28-/m1/s1. The largest absolute Gasteiger partial charge is 0.465 e. The van der Waals surface area contributed by atoms with Crippen LogP contribution in [0.1, 0.15) is 98.3 Å². The summed E-state index contributed by atoms with van der Waals surface area (Å²) in [6.45, 7) is 8.61. The first-order chi connectivity index (χ1) is 15.4. The van der Waals surface area contributed by atoms with Crippen molar-refractivity contribution < 1.29 is 24.9 Å². The molecule has 0 spiro atoms. The van der Waals surface area contributed by atoms with Crippen LogP contribution in [0.5, 0.6) is 0 Å². The summed E-state index contributed by atoms with van der Waals surface area (Å²) < 4.78 is 5.12. The zero-order chi connectivity index (χ0) is 24.4. The molecule has 0 aromatic carbocycles. The van der Waals surface area contributed by atoms with E-state index in [1.807, 2.05) is 13.8 Å². The molecule has 0 heterocycles. The quantitative estimate of drug-likeness (QED) is 0.363. The second-order valence-corrected chi connectivity index (χ2v) is 12.0. The van der Waals surface area contributed by atoms with Gasteiger partial charge in [0.15, 0.2) is 0 Å². The number of allylic oxidation sites excluding steroid dienone is 1. The number of hydrogen-bond acceptors (Lipinski definition) is 5. The molecular formula is C28H46O5. The molecule has 3 fully saturated rings. The van der Waals surface area contributed by atoms with Crippen LogP contribution in [-0.4, -0.2) is 46.2 Å². The van der Waals surface area contributed by atoms with Crippen molar-refractivity contribution in [2.24, 2.45) is 23.2 Å². The third-order valence-corrected chi connectivity index (χ3v) is 8.80. The molecule has 0 amide bonds. The lowest BCUT2D eigenvalue weighted by molar-refractivity contribution is -0.135. The van der Waals surface area contributed by atoms with Gasteiger partial charge in [-0.15, -0.1) is 0 Å². The first kappa shape index (κ1) is 26.4. The lowest BCUT2D eigenvalue weighted by Crippen LogP contribution is -2.36. The highest BCUT2D eigenvalue weighted by atomic mass is 16.5. The Hall–Kier alpha value is -1.17. The minimum Gasteiger partial charge on any atom is -0.465 e. The lowest BCUT2D eigenvalue weighted by atomic mass is 9.60. The minimum atomic E-state index is -0.612. The molecule has 0 saturated heterocycles. The summed E-state index contributed by atoms with van der Waals surface area (Å²) in [5.74, 6) is 1.37. The van der Waals surface area contributed by atoms with E-state index in [9.17, 15) is 20.1 Å². The Morgan fingerprint density at radius 1 is 1.24 bits per heavy atom. The fourth-order valence-electron chi connectivity index (χ4n) is 7.20. The number of ether oxygens (including phenoxy) is 1. The van der Waals surface area contributed by atoms with E-state index in [2.05, 4.69) is 19.9 Å². The second kappa shape index (κ2) is 10.6. The van der Waals surface area contributed by atoms with Gasteiger partial charge in [-0.2, -0.15) is 0 Å². The topological polar surface area (TPSA) is 87.0 Å². The third-order valence-electron chi connectivity index (χ3n) is 8.80. The van der Waals surface area contributed by atoms with Crippen LogP contribution in [0.15, 0.2) is 22.8 Å².